The number of carboxylic acids is 1. The third-order valence-electron chi connectivity index (χ3n) is 2.76. The fourth-order valence-corrected chi connectivity index (χ4v) is 2.00. The lowest BCUT2D eigenvalue weighted by Crippen LogP contribution is -2.00. The largest absolute Gasteiger partial charge is 0.493 e. The van der Waals surface area contributed by atoms with E-state index in [1.807, 2.05) is 0 Å². The van der Waals surface area contributed by atoms with Gasteiger partial charge in [-0.25, -0.2) is 4.39 Å². The second-order valence-corrected chi connectivity index (χ2v) is 3.85. The van der Waals surface area contributed by atoms with Crippen LogP contribution in [0.15, 0.2) is 12.1 Å². The molecule has 2 rings (SSSR count). The molecule has 16 heavy (non-hydrogen) atoms. The Balaban J connectivity index is 2.13. The first-order valence-electron chi connectivity index (χ1n) is 5.33. The van der Waals surface area contributed by atoms with Crippen LogP contribution in [0, 0.1) is 5.82 Å². The molecule has 0 spiro atoms. The monoisotopic (exact) mass is 224 g/mol. The molecule has 0 saturated carbocycles. The molecule has 0 saturated heterocycles. The zero-order valence-corrected chi connectivity index (χ0v) is 8.83. The van der Waals surface area contributed by atoms with Gasteiger partial charge in [0.2, 0.25) is 0 Å². The molecule has 0 bridgehead atoms. The van der Waals surface area contributed by atoms with Crippen LogP contribution in [0.3, 0.4) is 0 Å². The normalized spacial score (nSPS) is 13.3. The van der Waals surface area contributed by atoms with Gasteiger partial charge in [-0.15, -0.1) is 0 Å². The average Bonchev–Trinajstić information content (AvgIpc) is 2.69. The molecule has 1 aliphatic heterocycles. The van der Waals surface area contributed by atoms with E-state index in [9.17, 15) is 9.18 Å². The number of rotatable bonds is 4. The molecule has 86 valence electrons. The van der Waals surface area contributed by atoms with Gasteiger partial charge in [0.1, 0.15) is 11.6 Å². The van der Waals surface area contributed by atoms with Crippen molar-refractivity contribution in [2.75, 3.05) is 6.61 Å². The Morgan fingerprint density at radius 2 is 2.31 bits per heavy atom. The number of halogens is 1. The molecule has 0 aliphatic carbocycles. The second-order valence-electron chi connectivity index (χ2n) is 3.85. The molecule has 0 unspecified atom stereocenters. The zero-order chi connectivity index (χ0) is 11.5. The Hall–Kier alpha value is -1.58. The standard InChI is InChI=1S/C12H13FO3/c13-10-4-5-11-9(6-7-16-11)8(10)2-1-3-12(14)15/h4-5H,1-3,6-7H2,(H,14,15). The van der Waals surface area contributed by atoms with Crippen LogP contribution in [0.25, 0.3) is 0 Å². The first kappa shape index (κ1) is 10.9. The highest BCUT2D eigenvalue weighted by atomic mass is 19.1. The molecule has 4 heteroatoms. The van der Waals surface area contributed by atoms with Gasteiger partial charge < -0.3 is 9.84 Å². The number of ether oxygens (including phenoxy) is 1. The first-order chi connectivity index (χ1) is 7.68. The van der Waals surface area contributed by atoms with Crippen molar-refractivity contribution in [1.82, 2.24) is 0 Å². The quantitative estimate of drug-likeness (QED) is 0.852. The maximum Gasteiger partial charge on any atom is 0.303 e. The van der Waals surface area contributed by atoms with Crippen molar-refractivity contribution in [1.29, 1.82) is 0 Å². The summed E-state index contributed by atoms with van der Waals surface area (Å²) in [4.78, 5) is 10.4. The van der Waals surface area contributed by atoms with Crippen LogP contribution < -0.4 is 4.74 Å². The van der Waals surface area contributed by atoms with Crippen molar-refractivity contribution in [3.8, 4) is 5.75 Å². The van der Waals surface area contributed by atoms with E-state index in [4.69, 9.17) is 9.84 Å². The van der Waals surface area contributed by atoms with Crippen molar-refractivity contribution >= 4 is 5.97 Å². The Labute approximate surface area is 92.9 Å². The lowest BCUT2D eigenvalue weighted by atomic mass is 9.99. The lowest BCUT2D eigenvalue weighted by Gasteiger charge is -2.07. The van der Waals surface area contributed by atoms with Crippen LogP contribution in [0.2, 0.25) is 0 Å². The van der Waals surface area contributed by atoms with E-state index in [2.05, 4.69) is 0 Å². The summed E-state index contributed by atoms with van der Waals surface area (Å²) in [5, 5.41) is 8.54. The number of carbonyl (C=O) groups is 1. The second kappa shape index (κ2) is 4.51. The molecular weight excluding hydrogens is 211 g/mol. The maximum atomic E-state index is 13.6. The molecular formula is C12H13FO3. The predicted molar refractivity (Wildman–Crippen MR) is 56.2 cm³/mol. The van der Waals surface area contributed by atoms with Crippen LogP contribution in [0.1, 0.15) is 24.0 Å². The van der Waals surface area contributed by atoms with E-state index in [-0.39, 0.29) is 12.2 Å². The summed E-state index contributed by atoms with van der Waals surface area (Å²) in [5.41, 5.74) is 1.53. The highest BCUT2D eigenvalue weighted by Crippen LogP contribution is 2.30. The van der Waals surface area contributed by atoms with Crippen LogP contribution in [-0.2, 0) is 17.6 Å². The highest BCUT2D eigenvalue weighted by molar-refractivity contribution is 5.66. The van der Waals surface area contributed by atoms with Crippen molar-refractivity contribution in [2.45, 2.75) is 25.7 Å². The van der Waals surface area contributed by atoms with E-state index >= 15 is 0 Å². The van der Waals surface area contributed by atoms with Gasteiger partial charge in [-0.1, -0.05) is 0 Å². The van der Waals surface area contributed by atoms with E-state index in [0.29, 0.717) is 25.0 Å². The van der Waals surface area contributed by atoms with Gasteiger partial charge in [0.25, 0.3) is 0 Å². The van der Waals surface area contributed by atoms with Crippen molar-refractivity contribution in [3.63, 3.8) is 0 Å². The Morgan fingerprint density at radius 1 is 1.50 bits per heavy atom. The van der Waals surface area contributed by atoms with E-state index < -0.39 is 5.97 Å². The predicted octanol–water partition coefficient (Wildman–Crippen LogP) is 2.17. The van der Waals surface area contributed by atoms with Gasteiger partial charge >= 0.3 is 5.97 Å². The number of aliphatic carboxylic acids is 1. The Bertz CT molecular complexity index is 415. The molecule has 0 atom stereocenters. The molecule has 1 heterocycles. The van der Waals surface area contributed by atoms with Gasteiger partial charge in [-0.2, -0.15) is 0 Å². The Kier molecular flexibility index (Phi) is 3.08. The smallest absolute Gasteiger partial charge is 0.303 e. The van der Waals surface area contributed by atoms with E-state index in [0.717, 1.165) is 17.7 Å². The summed E-state index contributed by atoms with van der Waals surface area (Å²) in [6.45, 7) is 0.588. The summed E-state index contributed by atoms with van der Waals surface area (Å²) < 4.78 is 18.9. The van der Waals surface area contributed by atoms with Crippen LogP contribution in [0.4, 0.5) is 4.39 Å². The van der Waals surface area contributed by atoms with Crippen LogP contribution in [0.5, 0.6) is 5.75 Å². The number of benzene rings is 1. The van der Waals surface area contributed by atoms with Gasteiger partial charge in [0, 0.05) is 18.4 Å². The van der Waals surface area contributed by atoms with Crippen molar-refractivity contribution in [2.24, 2.45) is 0 Å². The van der Waals surface area contributed by atoms with Crippen LogP contribution in [-0.4, -0.2) is 17.7 Å². The summed E-state index contributed by atoms with van der Waals surface area (Å²) >= 11 is 0. The van der Waals surface area contributed by atoms with Crippen LogP contribution >= 0.6 is 0 Å². The van der Waals surface area contributed by atoms with Gasteiger partial charge in [0.05, 0.1) is 6.61 Å². The SMILES string of the molecule is O=C(O)CCCc1c(F)ccc2c1CCO2. The third-order valence-corrected chi connectivity index (χ3v) is 2.76. The topological polar surface area (TPSA) is 46.5 Å². The lowest BCUT2D eigenvalue weighted by molar-refractivity contribution is -0.137. The molecule has 0 aromatic heterocycles. The third kappa shape index (κ3) is 2.15. The van der Waals surface area contributed by atoms with Gasteiger partial charge in [-0.05, 0) is 30.5 Å². The number of fused-ring (bicyclic) bond motifs is 1. The van der Waals surface area contributed by atoms with E-state index in [1.165, 1.54) is 6.07 Å². The number of carboxylic acid groups (broad SMARTS) is 1. The maximum absolute atomic E-state index is 13.6. The minimum Gasteiger partial charge on any atom is -0.493 e. The van der Waals surface area contributed by atoms with Crippen molar-refractivity contribution < 1.29 is 19.0 Å². The molecule has 0 fully saturated rings. The fraction of sp³-hybridized carbons (Fsp3) is 0.417. The summed E-state index contributed by atoms with van der Waals surface area (Å²) in [6.07, 6.45) is 1.72. The molecule has 1 aliphatic rings. The highest BCUT2D eigenvalue weighted by Gasteiger charge is 2.19. The number of hydrogen-bond donors (Lipinski definition) is 1. The average molecular weight is 224 g/mol. The summed E-state index contributed by atoms with van der Waals surface area (Å²) in [5.74, 6) is -0.356. The number of hydrogen-bond acceptors (Lipinski definition) is 2. The molecule has 3 nitrogen and oxygen atoms in total. The van der Waals surface area contributed by atoms with Crippen molar-refractivity contribution in [3.05, 3.63) is 29.1 Å². The van der Waals surface area contributed by atoms with Gasteiger partial charge in [-0.3, -0.25) is 4.79 Å². The zero-order valence-electron chi connectivity index (χ0n) is 8.83. The van der Waals surface area contributed by atoms with Gasteiger partial charge in [0.15, 0.2) is 0 Å². The molecule has 1 aromatic rings. The minimum atomic E-state index is -0.843. The molecule has 0 amide bonds. The Morgan fingerprint density at radius 3 is 3.06 bits per heavy atom. The first-order valence-corrected chi connectivity index (χ1v) is 5.33. The molecule has 1 aromatic carbocycles. The molecule has 0 radical (unpaired) electrons. The summed E-state index contributed by atoms with van der Waals surface area (Å²) in [7, 11) is 0. The van der Waals surface area contributed by atoms with E-state index in [1.54, 1.807) is 6.07 Å². The minimum absolute atomic E-state index is 0.0734. The summed E-state index contributed by atoms with van der Waals surface area (Å²) in [6, 6.07) is 3.03. The molecule has 1 N–H and O–H groups in total. The fourth-order valence-electron chi connectivity index (χ4n) is 2.00.